The van der Waals surface area contributed by atoms with Crippen LogP contribution in [0.4, 0.5) is 11.5 Å². The molecule has 0 atom stereocenters. The predicted molar refractivity (Wildman–Crippen MR) is 107 cm³/mol. The van der Waals surface area contributed by atoms with E-state index in [1.165, 1.54) is 0 Å². The van der Waals surface area contributed by atoms with Crippen LogP contribution in [0.15, 0.2) is 66.7 Å². The first-order valence-corrected chi connectivity index (χ1v) is 8.80. The van der Waals surface area contributed by atoms with Crippen LogP contribution in [0.1, 0.15) is 16.9 Å². The highest BCUT2D eigenvalue weighted by molar-refractivity contribution is 6.03. The van der Waals surface area contributed by atoms with Gasteiger partial charge in [-0.1, -0.05) is 48.5 Å². The van der Waals surface area contributed by atoms with E-state index in [2.05, 4.69) is 20.6 Å². The van der Waals surface area contributed by atoms with Gasteiger partial charge in [-0.15, -0.1) is 0 Å². The van der Waals surface area contributed by atoms with Gasteiger partial charge < -0.3 is 15.4 Å². The molecule has 1 amide bonds. The van der Waals surface area contributed by atoms with Gasteiger partial charge in [0.2, 0.25) is 0 Å². The fraction of sp³-hybridized carbons (Fsp3) is 0.190. The van der Waals surface area contributed by atoms with Crippen molar-refractivity contribution < 1.29 is 9.53 Å². The van der Waals surface area contributed by atoms with Crippen molar-refractivity contribution in [2.75, 3.05) is 30.9 Å². The molecule has 2 aromatic carbocycles. The summed E-state index contributed by atoms with van der Waals surface area (Å²) in [7, 11) is 1.67. The topological polar surface area (TPSA) is 76.1 Å². The van der Waals surface area contributed by atoms with Crippen molar-refractivity contribution in [1.82, 2.24) is 9.97 Å². The number of rotatable bonds is 8. The second kappa shape index (κ2) is 9.45. The molecule has 0 aliphatic carbocycles. The molecule has 0 aliphatic rings. The molecular weight excluding hydrogens is 340 g/mol. The summed E-state index contributed by atoms with van der Waals surface area (Å²) in [5, 5.41) is 6.10. The zero-order valence-electron chi connectivity index (χ0n) is 15.2. The van der Waals surface area contributed by atoms with E-state index in [1.54, 1.807) is 13.2 Å². The molecule has 1 heterocycles. The second-order valence-electron chi connectivity index (χ2n) is 5.92. The molecule has 0 aliphatic heterocycles. The third kappa shape index (κ3) is 5.36. The number of carbonyl (C=O) groups is 1. The van der Waals surface area contributed by atoms with Crippen LogP contribution in [0.25, 0.3) is 11.4 Å². The smallest absolute Gasteiger partial charge is 0.274 e. The molecular formula is C21H22N4O2. The van der Waals surface area contributed by atoms with E-state index in [0.29, 0.717) is 30.5 Å². The van der Waals surface area contributed by atoms with Crippen LogP contribution in [-0.2, 0) is 4.74 Å². The van der Waals surface area contributed by atoms with Gasteiger partial charge in [-0.05, 0) is 18.6 Å². The molecule has 0 radical (unpaired) electrons. The van der Waals surface area contributed by atoms with Crippen molar-refractivity contribution in [3.63, 3.8) is 0 Å². The number of benzene rings is 2. The number of methoxy groups -OCH3 is 1. The molecule has 0 bridgehead atoms. The first-order chi connectivity index (χ1) is 13.3. The van der Waals surface area contributed by atoms with Crippen LogP contribution < -0.4 is 10.6 Å². The summed E-state index contributed by atoms with van der Waals surface area (Å²) in [5.41, 5.74) is 1.88. The van der Waals surface area contributed by atoms with Gasteiger partial charge in [0.15, 0.2) is 5.82 Å². The lowest BCUT2D eigenvalue weighted by atomic mass is 10.2. The van der Waals surface area contributed by atoms with E-state index in [0.717, 1.165) is 17.7 Å². The largest absolute Gasteiger partial charge is 0.385 e. The van der Waals surface area contributed by atoms with Crippen LogP contribution in [0.2, 0.25) is 0 Å². The van der Waals surface area contributed by atoms with Gasteiger partial charge in [-0.3, -0.25) is 4.79 Å². The zero-order valence-corrected chi connectivity index (χ0v) is 15.2. The minimum Gasteiger partial charge on any atom is -0.385 e. The maximum absolute atomic E-state index is 12.7. The van der Waals surface area contributed by atoms with Gasteiger partial charge in [0, 0.05) is 37.6 Å². The fourth-order valence-electron chi connectivity index (χ4n) is 2.52. The summed E-state index contributed by atoms with van der Waals surface area (Å²) in [6.45, 7) is 1.35. The van der Waals surface area contributed by atoms with E-state index in [9.17, 15) is 4.79 Å². The van der Waals surface area contributed by atoms with Crippen molar-refractivity contribution in [2.24, 2.45) is 0 Å². The molecule has 0 spiro atoms. The minimum absolute atomic E-state index is 0.277. The van der Waals surface area contributed by atoms with E-state index < -0.39 is 0 Å². The Bertz CT molecular complexity index is 870. The maximum atomic E-state index is 12.7. The van der Waals surface area contributed by atoms with Gasteiger partial charge in [-0.2, -0.15) is 0 Å². The number of anilines is 2. The number of hydrogen-bond acceptors (Lipinski definition) is 5. The Hall–Kier alpha value is -3.25. The molecule has 3 rings (SSSR count). The minimum atomic E-state index is -0.277. The summed E-state index contributed by atoms with van der Waals surface area (Å²) >= 11 is 0. The van der Waals surface area contributed by atoms with E-state index >= 15 is 0 Å². The van der Waals surface area contributed by atoms with Crippen LogP contribution in [0.3, 0.4) is 0 Å². The van der Waals surface area contributed by atoms with E-state index in [-0.39, 0.29) is 5.91 Å². The van der Waals surface area contributed by atoms with Crippen LogP contribution >= 0.6 is 0 Å². The maximum Gasteiger partial charge on any atom is 0.274 e. The number of aromatic nitrogens is 2. The molecule has 6 nitrogen and oxygen atoms in total. The van der Waals surface area contributed by atoms with Crippen LogP contribution in [0, 0.1) is 0 Å². The van der Waals surface area contributed by atoms with Crippen molar-refractivity contribution >= 4 is 17.4 Å². The third-order valence-corrected chi connectivity index (χ3v) is 3.85. The molecule has 0 unspecified atom stereocenters. The lowest BCUT2D eigenvalue weighted by Gasteiger charge is -2.10. The average Bonchev–Trinajstić information content (AvgIpc) is 2.72. The highest BCUT2D eigenvalue weighted by Gasteiger charge is 2.13. The normalized spacial score (nSPS) is 10.4. The predicted octanol–water partition coefficient (Wildman–Crippen LogP) is 3.84. The van der Waals surface area contributed by atoms with Crippen molar-refractivity contribution in [1.29, 1.82) is 0 Å². The number of carbonyl (C=O) groups excluding carboxylic acids is 1. The van der Waals surface area contributed by atoms with Crippen molar-refractivity contribution in [3.05, 3.63) is 72.4 Å². The standard InChI is InChI=1S/C21H22N4O2/c1-27-14-8-13-22-19-15-18(21(26)23-17-11-6-3-7-12-17)24-20(25-19)16-9-4-2-5-10-16/h2-7,9-12,15H,8,13-14H2,1H3,(H,23,26)(H,22,24,25). The van der Waals surface area contributed by atoms with Gasteiger partial charge >= 0.3 is 0 Å². The number of nitrogens with zero attached hydrogens (tertiary/aromatic N) is 2. The monoisotopic (exact) mass is 362 g/mol. The number of hydrogen-bond donors (Lipinski definition) is 2. The molecule has 138 valence electrons. The molecule has 2 N–H and O–H groups in total. The zero-order chi connectivity index (χ0) is 18.9. The SMILES string of the molecule is COCCCNc1cc(C(=O)Nc2ccccc2)nc(-c2ccccc2)n1. The molecule has 1 aromatic heterocycles. The molecule has 0 saturated carbocycles. The molecule has 3 aromatic rings. The van der Waals surface area contributed by atoms with Crippen LogP contribution in [0.5, 0.6) is 0 Å². The highest BCUT2D eigenvalue weighted by Crippen LogP contribution is 2.19. The second-order valence-corrected chi connectivity index (χ2v) is 5.92. The number of amides is 1. The summed E-state index contributed by atoms with van der Waals surface area (Å²) in [4.78, 5) is 21.7. The first-order valence-electron chi connectivity index (χ1n) is 8.80. The van der Waals surface area contributed by atoms with Gasteiger partial charge in [-0.25, -0.2) is 9.97 Å². The summed E-state index contributed by atoms with van der Waals surface area (Å²) in [6, 6.07) is 20.6. The van der Waals surface area contributed by atoms with E-state index in [4.69, 9.17) is 4.74 Å². The third-order valence-electron chi connectivity index (χ3n) is 3.85. The summed E-state index contributed by atoms with van der Waals surface area (Å²) < 4.78 is 5.06. The Kier molecular flexibility index (Phi) is 6.49. The lowest BCUT2D eigenvalue weighted by Crippen LogP contribution is -2.16. The number of nitrogens with one attached hydrogen (secondary N) is 2. The Labute approximate surface area is 158 Å². The molecule has 0 fully saturated rings. The first kappa shape index (κ1) is 18.5. The summed E-state index contributed by atoms with van der Waals surface area (Å²) in [6.07, 6.45) is 0.840. The van der Waals surface area contributed by atoms with E-state index in [1.807, 2.05) is 60.7 Å². The highest BCUT2D eigenvalue weighted by atomic mass is 16.5. The Morgan fingerprint density at radius 3 is 2.41 bits per heavy atom. The van der Waals surface area contributed by atoms with Crippen molar-refractivity contribution in [2.45, 2.75) is 6.42 Å². The number of para-hydroxylation sites is 1. The fourth-order valence-corrected chi connectivity index (χ4v) is 2.52. The Morgan fingerprint density at radius 2 is 1.70 bits per heavy atom. The van der Waals surface area contributed by atoms with Crippen molar-refractivity contribution in [3.8, 4) is 11.4 Å². The van der Waals surface area contributed by atoms with Crippen LogP contribution in [-0.4, -0.2) is 36.1 Å². The lowest BCUT2D eigenvalue weighted by molar-refractivity contribution is 0.102. The Balaban J connectivity index is 1.85. The molecule has 6 heteroatoms. The molecule has 0 saturated heterocycles. The number of ether oxygens (including phenoxy) is 1. The molecule has 27 heavy (non-hydrogen) atoms. The van der Waals surface area contributed by atoms with Gasteiger partial charge in [0.05, 0.1) is 0 Å². The Morgan fingerprint density at radius 1 is 1.00 bits per heavy atom. The summed E-state index contributed by atoms with van der Waals surface area (Å²) in [5.74, 6) is 0.837. The average molecular weight is 362 g/mol. The van der Waals surface area contributed by atoms with Gasteiger partial charge in [0.25, 0.3) is 5.91 Å². The van der Waals surface area contributed by atoms with Gasteiger partial charge in [0.1, 0.15) is 11.5 Å². The quantitative estimate of drug-likeness (QED) is 0.595.